The summed E-state index contributed by atoms with van der Waals surface area (Å²) in [6, 6.07) is 28.3. The first kappa shape index (κ1) is 25.4. The number of ketones is 1. The zero-order valence-electron chi connectivity index (χ0n) is 22.8. The molecule has 2 fully saturated rings. The molecular weight excluding hydrogens is 466 g/mol. The molecule has 2 saturated carbocycles. The number of fused-ring (bicyclic) bond motifs is 5. The first-order valence-corrected chi connectivity index (χ1v) is 14.7. The fourth-order valence-electron chi connectivity index (χ4n) is 7.79. The minimum Gasteiger partial charge on any atom is -0.494 e. The topological polar surface area (TPSA) is 29.5 Å². The van der Waals surface area contributed by atoms with Crippen molar-refractivity contribution in [1.82, 2.24) is 4.90 Å². The predicted octanol–water partition coefficient (Wildman–Crippen LogP) is 7.58. The van der Waals surface area contributed by atoms with Crippen LogP contribution in [0.4, 0.5) is 0 Å². The Morgan fingerprint density at radius 2 is 1.58 bits per heavy atom. The molecule has 3 aromatic rings. The van der Waals surface area contributed by atoms with Crippen LogP contribution in [0.1, 0.15) is 73.6 Å². The number of ether oxygens (including phenoxy) is 1. The summed E-state index contributed by atoms with van der Waals surface area (Å²) in [5.41, 5.74) is 5.67. The minimum absolute atomic E-state index is 0.0450. The van der Waals surface area contributed by atoms with E-state index in [1.165, 1.54) is 28.7 Å². The van der Waals surface area contributed by atoms with Crippen molar-refractivity contribution in [3.8, 4) is 5.75 Å². The average Bonchev–Trinajstić information content (AvgIpc) is 3.26. The molecule has 3 aromatic carbocycles. The van der Waals surface area contributed by atoms with Crippen molar-refractivity contribution < 1.29 is 9.53 Å². The number of nitrogens with zero attached hydrogens (tertiary/aromatic N) is 1. The normalized spacial score (nSPS) is 26.1. The Kier molecular flexibility index (Phi) is 7.39. The molecule has 0 aromatic heterocycles. The van der Waals surface area contributed by atoms with E-state index in [1.54, 1.807) is 0 Å². The molecule has 0 unspecified atom stereocenters. The third kappa shape index (κ3) is 5.18. The fraction of sp³-hybridized carbons (Fsp3) is 0.457. The van der Waals surface area contributed by atoms with Crippen molar-refractivity contribution in [2.45, 2.75) is 70.9 Å². The lowest BCUT2D eigenvalue weighted by molar-refractivity contribution is -0.129. The largest absolute Gasteiger partial charge is 0.494 e. The SMILES string of the molecule is C[C@]12CC[C@@H]3c4ccc(OCCCN(Cc5ccccc5)Cc5ccccc5)cc4CC[C@H]3[C@@H]1CCC2=O. The Labute approximate surface area is 228 Å². The van der Waals surface area contributed by atoms with Crippen LogP contribution in [0.15, 0.2) is 78.9 Å². The van der Waals surface area contributed by atoms with E-state index in [0.717, 1.165) is 70.5 Å². The zero-order chi connectivity index (χ0) is 26.0. The third-order valence-electron chi connectivity index (χ3n) is 9.79. The number of carbonyl (C=O) groups excluding carboxylic acids is 1. The highest BCUT2D eigenvalue weighted by atomic mass is 16.5. The van der Waals surface area contributed by atoms with Crippen molar-refractivity contribution in [3.63, 3.8) is 0 Å². The number of benzene rings is 3. The average molecular weight is 508 g/mol. The predicted molar refractivity (Wildman–Crippen MR) is 153 cm³/mol. The summed E-state index contributed by atoms with van der Waals surface area (Å²) in [4.78, 5) is 15.1. The zero-order valence-corrected chi connectivity index (χ0v) is 22.8. The molecule has 0 N–H and O–H groups in total. The first-order chi connectivity index (χ1) is 18.6. The quantitative estimate of drug-likeness (QED) is 0.280. The molecule has 3 aliphatic rings. The van der Waals surface area contributed by atoms with Gasteiger partial charge in [0.15, 0.2) is 0 Å². The second-order valence-electron chi connectivity index (χ2n) is 12.1. The number of hydrogen-bond acceptors (Lipinski definition) is 3. The lowest BCUT2D eigenvalue weighted by Gasteiger charge is -2.48. The fourth-order valence-corrected chi connectivity index (χ4v) is 7.79. The molecule has 0 amide bonds. The third-order valence-corrected chi connectivity index (χ3v) is 9.79. The highest BCUT2D eigenvalue weighted by Gasteiger charge is 2.54. The van der Waals surface area contributed by atoms with Crippen LogP contribution in [0, 0.1) is 17.3 Å². The van der Waals surface area contributed by atoms with Gasteiger partial charge < -0.3 is 4.74 Å². The van der Waals surface area contributed by atoms with Crippen molar-refractivity contribution in [2.75, 3.05) is 13.2 Å². The van der Waals surface area contributed by atoms with Gasteiger partial charge in [-0.2, -0.15) is 0 Å². The summed E-state index contributed by atoms with van der Waals surface area (Å²) in [5, 5.41) is 0. The van der Waals surface area contributed by atoms with Crippen LogP contribution < -0.4 is 4.74 Å². The Bertz CT molecular complexity index is 1200. The summed E-state index contributed by atoms with van der Waals surface area (Å²) in [7, 11) is 0. The monoisotopic (exact) mass is 507 g/mol. The Balaban J connectivity index is 1.06. The van der Waals surface area contributed by atoms with Crippen LogP contribution in [0.3, 0.4) is 0 Å². The minimum atomic E-state index is -0.0450. The molecule has 4 atom stereocenters. The molecule has 198 valence electrons. The van der Waals surface area contributed by atoms with Gasteiger partial charge in [-0.15, -0.1) is 0 Å². The number of aryl methyl sites for hydroxylation is 1. The lowest BCUT2D eigenvalue weighted by atomic mass is 9.55. The molecule has 38 heavy (non-hydrogen) atoms. The molecule has 0 saturated heterocycles. The van der Waals surface area contributed by atoms with Crippen LogP contribution in [0.2, 0.25) is 0 Å². The van der Waals surface area contributed by atoms with Crippen LogP contribution in [0.5, 0.6) is 5.75 Å². The molecular formula is C35H41NO2. The van der Waals surface area contributed by atoms with E-state index in [0.29, 0.717) is 23.5 Å². The Morgan fingerprint density at radius 3 is 2.29 bits per heavy atom. The van der Waals surface area contributed by atoms with Crippen LogP contribution in [-0.4, -0.2) is 23.8 Å². The first-order valence-electron chi connectivity index (χ1n) is 14.7. The Morgan fingerprint density at radius 1 is 0.868 bits per heavy atom. The molecule has 0 spiro atoms. The molecule has 0 bridgehead atoms. The van der Waals surface area contributed by atoms with Crippen molar-refractivity contribution in [1.29, 1.82) is 0 Å². The van der Waals surface area contributed by atoms with E-state index in [4.69, 9.17) is 4.74 Å². The molecule has 3 aliphatic carbocycles. The van der Waals surface area contributed by atoms with Crippen LogP contribution in [-0.2, 0) is 24.3 Å². The van der Waals surface area contributed by atoms with Gasteiger partial charge in [0.05, 0.1) is 6.61 Å². The molecule has 0 radical (unpaired) electrons. The van der Waals surface area contributed by atoms with Gasteiger partial charge in [0.25, 0.3) is 0 Å². The summed E-state index contributed by atoms with van der Waals surface area (Å²) < 4.78 is 6.29. The van der Waals surface area contributed by atoms with Gasteiger partial charge >= 0.3 is 0 Å². The molecule has 3 heteroatoms. The van der Waals surface area contributed by atoms with Gasteiger partial charge in [0, 0.05) is 31.5 Å². The smallest absolute Gasteiger partial charge is 0.139 e. The maximum atomic E-state index is 12.6. The molecule has 0 heterocycles. The number of hydrogen-bond donors (Lipinski definition) is 0. The van der Waals surface area contributed by atoms with Gasteiger partial charge in [-0.1, -0.05) is 73.7 Å². The van der Waals surface area contributed by atoms with Crippen molar-refractivity contribution in [2.24, 2.45) is 17.3 Å². The van der Waals surface area contributed by atoms with Crippen molar-refractivity contribution >= 4 is 5.78 Å². The highest BCUT2D eigenvalue weighted by Crippen LogP contribution is 2.59. The molecule has 0 aliphatic heterocycles. The lowest BCUT2D eigenvalue weighted by Crippen LogP contribution is -2.42. The van der Waals surface area contributed by atoms with E-state index in [1.807, 2.05) is 0 Å². The summed E-state index contributed by atoms with van der Waals surface area (Å²) in [6.45, 7) is 5.88. The second kappa shape index (κ2) is 11.1. The molecule has 3 nitrogen and oxygen atoms in total. The maximum absolute atomic E-state index is 12.6. The number of Topliss-reactive ketones (excluding diaryl/α,β-unsaturated/α-hetero) is 1. The van der Waals surface area contributed by atoms with Gasteiger partial charge in [-0.25, -0.2) is 0 Å². The summed E-state index contributed by atoms with van der Waals surface area (Å²) in [5.74, 6) is 3.44. The number of rotatable bonds is 9. The second-order valence-corrected chi connectivity index (χ2v) is 12.1. The summed E-state index contributed by atoms with van der Waals surface area (Å²) in [6.07, 6.45) is 7.48. The van der Waals surface area contributed by atoms with E-state index < -0.39 is 0 Å². The maximum Gasteiger partial charge on any atom is 0.139 e. The highest BCUT2D eigenvalue weighted by molar-refractivity contribution is 5.87. The van der Waals surface area contributed by atoms with Crippen LogP contribution >= 0.6 is 0 Å². The van der Waals surface area contributed by atoms with Gasteiger partial charge in [-0.05, 0) is 90.7 Å². The van der Waals surface area contributed by atoms with E-state index in [2.05, 4.69) is 90.7 Å². The molecule has 6 rings (SSSR count). The standard InChI is InChI=1S/C35H41NO2/c1-35-20-19-31-30-16-14-29(23-28(30)13-15-32(31)33(35)17-18-34(35)37)38-22-8-21-36(24-26-9-4-2-5-10-26)25-27-11-6-3-7-12-27/h2-7,9-12,14,16,23,31-33H,8,13,15,17-22,24-25H2,1H3/t31-,32-,33+,35+/m1/s1. The Hall–Kier alpha value is -2.91. The van der Waals surface area contributed by atoms with E-state index in [9.17, 15) is 4.79 Å². The van der Waals surface area contributed by atoms with Gasteiger partial charge in [0.2, 0.25) is 0 Å². The van der Waals surface area contributed by atoms with Gasteiger partial charge in [0.1, 0.15) is 11.5 Å². The van der Waals surface area contributed by atoms with Crippen LogP contribution in [0.25, 0.3) is 0 Å². The van der Waals surface area contributed by atoms with E-state index >= 15 is 0 Å². The van der Waals surface area contributed by atoms with Gasteiger partial charge in [-0.3, -0.25) is 9.69 Å². The van der Waals surface area contributed by atoms with Crippen molar-refractivity contribution in [3.05, 3.63) is 101 Å². The van der Waals surface area contributed by atoms with E-state index in [-0.39, 0.29) is 5.41 Å². The summed E-state index contributed by atoms with van der Waals surface area (Å²) >= 11 is 0. The number of carbonyl (C=O) groups is 1.